The second-order valence-electron chi connectivity index (χ2n) is 2.92. The molecular weight excluding hydrogens is 186 g/mol. The summed E-state index contributed by atoms with van der Waals surface area (Å²) in [7, 11) is 1.55. The molecule has 0 saturated heterocycles. The lowest BCUT2D eigenvalue weighted by Gasteiger charge is -2.15. The van der Waals surface area contributed by atoms with Gasteiger partial charge in [-0.1, -0.05) is 5.16 Å². The first-order valence-electron chi connectivity index (χ1n) is 3.94. The van der Waals surface area contributed by atoms with Gasteiger partial charge in [-0.3, -0.25) is 15.2 Å². The van der Waals surface area contributed by atoms with E-state index in [9.17, 15) is 4.79 Å². The number of fused-ring (bicyclic) bond motifs is 1. The van der Waals surface area contributed by atoms with E-state index in [1.807, 2.05) is 0 Å². The van der Waals surface area contributed by atoms with Gasteiger partial charge in [-0.2, -0.15) is 4.99 Å². The maximum atomic E-state index is 11.7. The van der Waals surface area contributed by atoms with Crippen molar-refractivity contribution < 1.29 is 9.32 Å². The van der Waals surface area contributed by atoms with Gasteiger partial charge in [0.15, 0.2) is 0 Å². The zero-order chi connectivity index (χ0) is 10.3. The van der Waals surface area contributed by atoms with Crippen molar-refractivity contribution in [1.82, 2.24) is 15.6 Å². The molecule has 0 saturated carbocycles. The highest BCUT2D eigenvalue weighted by Gasteiger charge is 2.26. The first kappa shape index (κ1) is 8.54. The van der Waals surface area contributed by atoms with Crippen LogP contribution in [0.2, 0.25) is 0 Å². The topological polar surface area (TPSA) is 96.8 Å². The number of nitrogens with two attached hydrogens (primary N) is 1. The van der Waals surface area contributed by atoms with E-state index in [-0.39, 0.29) is 17.8 Å². The van der Waals surface area contributed by atoms with E-state index in [1.54, 1.807) is 14.0 Å². The Bertz CT molecular complexity index is 422. The fourth-order valence-corrected chi connectivity index (χ4v) is 1.20. The second kappa shape index (κ2) is 2.72. The van der Waals surface area contributed by atoms with Gasteiger partial charge in [0, 0.05) is 7.05 Å². The van der Waals surface area contributed by atoms with Gasteiger partial charge in [0.05, 0.1) is 5.69 Å². The largest absolute Gasteiger partial charge is 0.368 e. The van der Waals surface area contributed by atoms with E-state index in [1.165, 1.54) is 5.01 Å². The van der Waals surface area contributed by atoms with E-state index in [0.29, 0.717) is 11.3 Å². The van der Waals surface area contributed by atoms with E-state index in [4.69, 9.17) is 10.3 Å². The highest BCUT2D eigenvalue weighted by molar-refractivity contribution is 6.02. The summed E-state index contributed by atoms with van der Waals surface area (Å²) in [6, 6.07) is 0. The number of carbonyl (C=O) groups is 1. The standard InChI is InChI=1S/C7H9N5O2/c1-3-4-5(14-11-3)9-7(8)10-12(2)6(4)13/h1-2H3,(H3,8,9,10). The van der Waals surface area contributed by atoms with Crippen LogP contribution in [0.25, 0.3) is 0 Å². The molecule has 7 nitrogen and oxygen atoms in total. The van der Waals surface area contributed by atoms with Crippen molar-refractivity contribution in [2.45, 2.75) is 6.92 Å². The summed E-state index contributed by atoms with van der Waals surface area (Å²) in [4.78, 5) is 15.6. The number of hydrogen-bond donors (Lipinski definition) is 2. The zero-order valence-electron chi connectivity index (χ0n) is 7.74. The molecule has 0 aliphatic carbocycles. The first-order valence-corrected chi connectivity index (χ1v) is 3.94. The van der Waals surface area contributed by atoms with Crippen LogP contribution in [-0.4, -0.2) is 29.1 Å². The number of nitrogens with one attached hydrogen (secondary N) is 1. The second-order valence-corrected chi connectivity index (χ2v) is 2.92. The summed E-state index contributed by atoms with van der Waals surface area (Å²) in [5.41, 5.74) is 8.88. The van der Waals surface area contributed by atoms with Gasteiger partial charge in [0.2, 0.25) is 5.96 Å². The normalized spacial score (nSPS) is 15.7. The molecule has 1 aliphatic rings. The quantitative estimate of drug-likeness (QED) is 0.582. The molecule has 0 unspecified atom stereocenters. The first-order chi connectivity index (χ1) is 6.59. The molecule has 0 spiro atoms. The summed E-state index contributed by atoms with van der Waals surface area (Å²) in [5, 5.41) is 4.88. The lowest BCUT2D eigenvalue weighted by molar-refractivity contribution is 0.0760. The van der Waals surface area contributed by atoms with Crippen LogP contribution in [0, 0.1) is 6.92 Å². The predicted octanol–water partition coefficient (Wildman–Crippen LogP) is -0.481. The van der Waals surface area contributed by atoms with Crippen molar-refractivity contribution in [3.8, 4) is 0 Å². The summed E-state index contributed by atoms with van der Waals surface area (Å²) in [6.45, 7) is 1.67. The summed E-state index contributed by atoms with van der Waals surface area (Å²) < 4.78 is 4.85. The van der Waals surface area contributed by atoms with Crippen molar-refractivity contribution in [1.29, 1.82) is 0 Å². The molecule has 2 rings (SSSR count). The molecule has 2 heterocycles. The number of guanidine groups is 1. The Balaban J connectivity index is 2.60. The van der Waals surface area contributed by atoms with E-state index in [0.717, 1.165) is 0 Å². The van der Waals surface area contributed by atoms with Crippen molar-refractivity contribution in [3.63, 3.8) is 0 Å². The lowest BCUT2D eigenvalue weighted by Crippen LogP contribution is -2.45. The number of hydrazine groups is 1. The maximum Gasteiger partial charge on any atom is 0.279 e. The third kappa shape index (κ3) is 1.10. The van der Waals surface area contributed by atoms with Gasteiger partial charge in [0.25, 0.3) is 11.8 Å². The van der Waals surface area contributed by atoms with Crippen LogP contribution < -0.4 is 11.2 Å². The van der Waals surface area contributed by atoms with Gasteiger partial charge in [-0.15, -0.1) is 0 Å². The van der Waals surface area contributed by atoms with Gasteiger partial charge >= 0.3 is 0 Å². The predicted molar refractivity (Wildman–Crippen MR) is 47.8 cm³/mol. The molecule has 0 radical (unpaired) electrons. The van der Waals surface area contributed by atoms with Crippen LogP contribution in [0.1, 0.15) is 16.1 Å². The van der Waals surface area contributed by atoms with Crippen LogP contribution >= 0.6 is 0 Å². The lowest BCUT2D eigenvalue weighted by atomic mass is 10.2. The molecule has 1 aliphatic heterocycles. The average molecular weight is 195 g/mol. The van der Waals surface area contributed by atoms with E-state index in [2.05, 4.69) is 15.6 Å². The van der Waals surface area contributed by atoms with Gasteiger partial charge in [-0.25, -0.2) is 0 Å². The molecule has 0 fully saturated rings. The number of amides is 1. The molecule has 0 atom stereocenters. The van der Waals surface area contributed by atoms with Crippen molar-refractivity contribution in [3.05, 3.63) is 11.3 Å². The minimum atomic E-state index is -0.275. The molecule has 1 aromatic rings. The summed E-state index contributed by atoms with van der Waals surface area (Å²) in [6.07, 6.45) is 0. The smallest absolute Gasteiger partial charge is 0.279 e. The zero-order valence-corrected chi connectivity index (χ0v) is 7.74. The molecule has 74 valence electrons. The molecule has 14 heavy (non-hydrogen) atoms. The Kier molecular flexibility index (Phi) is 1.66. The van der Waals surface area contributed by atoms with Gasteiger partial charge < -0.3 is 10.3 Å². The van der Waals surface area contributed by atoms with Crippen LogP contribution in [0.4, 0.5) is 5.88 Å². The molecule has 0 bridgehead atoms. The number of rotatable bonds is 0. The van der Waals surface area contributed by atoms with E-state index < -0.39 is 0 Å². The Morgan fingerprint density at radius 3 is 3.00 bits per heavy atom. The van der Waals surface area contributed by atoms with Crippen LogP contribution in [0.5, 0.6) is 0 Å². The number of aromatic nitrogens is 1. The number of aryl methyl sites for hydroxylation is 1. The monoisotopic (exact) mass is 195 g/mol. The molecular formula is C7H9N5O2. The number of aliphatic imine (C=N–C) groups is 1. The fraction of sp³-hybridized carbons (Fsp3) is 0.286. The Morgan fingerprint density at radius 2 is 2.29 bits per heavy atom. The highest BCUT2D eigenvalue weighted by Crippen LogP contribution is 2.24. The Hall–Kier alpha value is -2.05. The third-order valence-electron chi connectivity index (χ3n) is 1.87. The number of nitrogens with zero attached hydrogens (tertiary/aromatic N) is 3. The van der Waals surface area contributed by atoms with Gasteiger partial charge in [0.1, 0.15) is 5.56 Å². The van der Waals surface area contributed by atoms with Crippen molar-refractivity contribution in [2.75, 3.05) is 7.05 Å². The highest BCUT2D eigenvalue weighted by atomic mass is 16.5. The Labute approximate surface area is 79.5 Å². The molecule has 0 aromatic carbocycles. The Morgan fingerprint density at radius 1 is 1.57 bits per heavy atom. The molecule has 1 amide bonds. The van der Waals surface area contributed by atoms with Gasteiger partial charge in [-0.05, 0) is 6.92 Å². The number of carbonyl (C=O) groups excluding carboxylic acids is 1. The van der Waals surface area contributed by atoms with Crippen LogP contribution in [0.15, 0.2) is 9.52 Å². The van der Waals surface area contributed by atoms with Crippen molar-refractivity contribution >= 4 is 17.8 Å². The van der Waals surface area contributed by atoms with Crippen LogP contribution in [0.3, 0.4) is 0 Å². The van der Waals surface area contributed by atoms with Crippen molar-refractivity contribution in [2.24, 2.45) is 10.7 Å². The number of hydrogen-bond acceptors (Lipinski definition) is 6. The summed E-state index contributed by atoms with van der Waals surface area (Å²) in [5.74, 6) is -0.0412. The van der Waals surface area contributed by atoms with Crippen LogP contribution in [-0.2, 0) is 0 Å². The summed E-state index contributed by atoms with van der Waals surface area (Å²) >= 11 is 0. The molecule has 3 N–H and O–H groups in total. The molecule has 1 aromatic heterocycles. The minimum absolute atomic E-state index is 0.0933. The third-order valence-corrected chi connectivity index (χ3v) is 1.87. The molecule has 7 heteroatoms. The SMILES string of the molecule is Cc1noc2c1C(=O)N(C)NC(N)=N2. The van der Waals surface area contributed by atoms with E-state index >= 15 is 0 Å². The maximum absolute atomic E-state index is 11.7. The average Bonchev–Trinajstić information content (AvgIpc) is 2.40. The minimum Gasteiger partial charge on any atom is -0.368 e. The fourth-order valence-electron chi connectivity index (χ4n) is 1.20.